The van der Waals surface area contributed by atoms with Crippen LogP contribution in [0.2, 0.25) is 0 Å². The van der Waals surface area contributed by atoms with Crippen LogP contribution in [0.5, 0.6) is 0 Å². The molecule has 0 amide bonds. The van der Waals surface area contributed by atoms with Gasteiger partial charge in [-0.1, -0.05) is 0 Å². The number of nitrogens with one attached hydrogen (secondary N) is 2. The second kappa shape index (κ2) is 5.81. The molecule has 10 nitrogen and oxygen atoms in total. The van der Waals surface area contributed by atoms with E-state index >= 15 is 0 Å². The average molecular weight is 377 g/mol. The van der Waals surface area contributed by atoms with Crippen LogP contribution in [0.3, 0.4) is 0 Å². The number of hydrogen-bond donors (Lipinski definition) is 3. The van der Waals surface area contributed by atoms with Crippen molar-refractivity contribution in [1.82, 2.24) is 24.1 Å². The number of sulfonamides is 1. The zero-order valence-electron chi connectivity index (χ0n) is 13.5. The smallest absolute Gasteiger partial charge is 0.356 e. The lowest BCUT2D eigenvalue weighted by molar-refractivity contribution is 0.0689. The number of fused-ring (bicyclic) bond motifs is 2. The Hall–Kier alpha value is -2.92. The van der Waals surface area contributed by atoms with Crippen molar-refractivity contribution in [1.29, 1.82) is 0 Å². The van der Waals surface area contributed by atoms with Crippen LogP contribution in [0.15, 0.2) is 34.0 Å². The Morgan fingerprint density at radius 3 is 2.69 bits per heavy atom. The number of rotatable bonds is 3. The molecule has 11 heteroatoms. The molecule has 136 valence electrons. The van der Waals surface area contributed by atoms with Crippen molar-refractivity contribution in [2.24, 2.45) is 0 Å². The molecule has 0 bridgehead atoms. The molecule has 0 fully saturated rings. The van der Waals surface area contributed by atoms with Crippen LogP contribution in [-0.4, -0.2) is 50.1 Å². The number of H-pyrrole nitrogens is 2. The third kappa shape index (κ3) is 2.70. The lowest BCUT2D eigenvalue weighted by atomic mass is 10.3. The van der Waals surface area contributed by atoms with Crippen molar-refractivity contribution in [2.75, 3.05) is 6.54 Å². The molecule has 0 saturated carbocycles. The zero-order chi connectivity index (χ0) is 18.5. The molecule has 0 unspecified atom stereocenters. The van der Waals surface area contributed by atoms with Gasteiger partial charge < -0.3 is 15.1 Å². The fourth-order valence-electron chi connectivity index (χ4n) is 3.06. The van der Waals surface area contributed by atoms with Crippen LogP contribution < -0.4 is 5.69 Å². The number of nitrogens with zero attached hydrogens (tertiary/aromatic N) is 3. The molecule has 4 rings (SSSR count). The third-order valence-corrected chi connectivity index (χ3v) is 6.16. The highest BCUT2D eigenvalue weighted by Crippen LogP contribution is 2.23. The quantitative estimate of drug-likeness (QED) is 0.601. The van der Waals surface area contributed by atoms with E-state index in [1.165, 1.54) is 33.3 Å². The molecule has 3 N–H and O–H groups in total. The van der Waals surface area contributed by atoms with Crippen molar-refractivity contribution in [3.05, 3.63) is 46.1 Å². The largest absolute Gasteiger partial charge is 0.476 e. The van der Waals surface area contributed by atoms with Crippen LogP contribution in [0.1, 0.15) is 22.6 Å². The van der Waals surface area contributed by atoms with E-state index in [-0.39, 0.29) is 23.7 Å². The molecule has 26 heavy (non-hydrogen) atoms. The number of hydrogen-bond acceptors (Lipinski definition) is 5. The summed E-state index contributed by atoms with van der Waals surface area (Å²) in [6, 6.07) is 5.77. The van der Waals surface area contributed by atoms with Gasteiger partial charge in [0, 0.05) is 13.1 Å². The van der Waals surface area contributed by atoms with E-state index < -0.39 is 21.7 Å². The summed E-state index contributed by atoms with van der Waals surface area (Å²) in [6.07, 6.45) is 0.510. The molecule has 1 aromatic carbocycles. The standard InChI is InChI=1S/C15H15N5O5S/c21-14(22)13-6-9-8-19(4-1-5-20(9)18-13)26(24,25)10-2-3-11-12(7-10)17-15(23)16-11/h2-3,6-7H,1,4-5,8H2,(H,21,22)(H2,16,17,23). The van der Waals surface area contributed by atoms with Gasteiger partial charge in [-0.25, -0.2) is 18.0 Å². The maximum Gasteiger partial charge on any atom is 0.356 e. The second-order valence-corrected chi connectivity index (χ2v) is 7.97. The van der Waals surface area contributed by atoms with Crippen molar-refractivity contribution in [3.63, 3.8) is 0 Å². The predicted molar refractivity (Wildman–Crippen MR) is 90.3 cm³/mol. The number of aromatic amines is 2. The fraction of sp³-hybridized carbons (Fsp3) is 0.267. The maximum atomic E-state index is 13.0. The topological polar surface area (TPSA) is 141 Å². The Balaban J connectivity index is 1.71. The number of carboxylic acids is 1. The van der Waals surface area contributed by atoms with Gasteiger partial charge in [0.15, 0.2) is 5.69 Å². The first kappa shape index (κ1) is 16.5. The first-order valence-corrected chi connectivity index (χ1v) is 9.31. The monoisotopic (exact) mass is 377 g/mol. The van der Waals surface area contributed by atoms with Gasteiger partial charge in [-0.05, 0) is 30.7 Å². The van der Waals surface area contributed by atoms with Crippen molar-refractivity contribution in [2.45, 2.75) is 24.4 Å². The van der Waals surface area contributed by atoms with Gasteiger partial charge >= 0.3 is 11.7 Å². The molecular formula is C15H15N5O5S. The number of aryl methyl sites for hydroxylation is 1. The summed E-state index contributed by atoms with van der Waals surface area (Å²) in [6.45, 7) is 0.763. The molecule has 0 saturated heterocycles. The van der Waals surface area contributed by atoms with Gasteiger partial charge in [-0.2, -0.15) is 9.40 Å². The van der Waals surface area contributed by atoms with E-state index in [0.717, 1.165) is 0 Å². The number of benzene rings is 1. The van der Waals surface area contributed by atoms with E-state index in [9.17, 15) is 18.0 Å². The lowest BCUT2D eigenvalue weighted by Crippen LogP contribution is -2.30. The second-order valence-electron chi connectivity index (χ2n) is 6.03. The summed E-state index contributed by atoms with van der Waals surface area (Å²) < 4.78 is 28.9. The van der Waals surface area contributed by atoms with E-state index in [0.29, 0.717) is 29.7 Å². The summed E-state index contributed by atoms with van der Waals surface area (Å²) in [5.41, 5.74) is 0.942. The molecule has 1 aliphatic rings. The minimum atomic E-state index is -3.81. The molecular weight excluding hydrogens is 362 g/mol. The van der Waals surface area contributed by atoms with Gasteiger partial charge in [-0.15, -0.1) is 0 Å². The summed E-state index contributed by atoms with van der Waals surface area (Å²) in [5, 5.41) is 13.1. The number of carbonyl (C=O) groups is 1. The van der Waals surface area contributed by atoms with Crippen molar-refractivity contribution >= 4 is 27.0 Å². The van der Waals surface area contributed by atoms with Crippen LogP contribution >= 0.6 is 0 Å². The summed E-state index contributed by atoms with van der Waals surface area (Å²) >= 11 is 0. The molecule has 0 aliphatic carbocycles. The first-order chi connectivity index (χ1) is 12.3. The number of carboxylic acid groups (broad SMARTS) is 1. The molecule has 0 radical (unpaired) electrons. The van der Waals surface area contributed by atoms with Gasteiger partial charge in [0.1, 0.15) is 0 Å². The minimum absolute atomic E-state index is 0.0321. The third-order valence-electron chi connectivity index (χ3n) is 4.32. The van der Waals surface area contributed by atoms with E-state index in [4.69, 9.17) is 5.11 Å². The SMILES string of the molecule is O=C(O)c1cc2n(n1)CCCN(S(=O)(=O)c1ccc3[nH]c(=O)[nH]c3c1)C2. The lowest BCUT2D eigenvalue weighted by Gasteiger charge is -2.19. The van der Waals surface area contributed by atoms with Crippen LogP contribution in [0, 0.1) is 0 Å². The molecule has 3 heterocycles. The zero-order valence-corrected chi connectivity index (χ0v) is 14.3. The molecule has 1 aliphatic heterocycles. The Morgan fingerprint density at radius 2 is 1.92 bits per heavy atom. The summed E-state index contributed by atoms with van der Waals surface area (Å²) in [7, 11) is -3.81. The summed E-state index contributed by atoms with van der Waals surface area (Å²) in [4.78, 5) is 27.6. The highest BCUT2D eigenvalue weighted by Gasteiger charge is 2.29. The number of imidazole rings is 1. The van der Waals surface area contributed by atoms with Gasteiger partial charge in [0.25, 0.3) is 0 Å². The van der Waals surface area contributed by atoms with Gasteiger partial charge in [0.05, 0.1) is 28.2 Å². The highest BCUT2D eigenvalue weighted by molar-refractivity contribution is 7.89. The van der Waals surface area contributed by atoms with Crippen LogP contribution in [0.4, 0.5) is 0 Å². The fourth-order valence-corrected chi connectivity index (χ4v) is 4.54. The molecule has 0 spiro atoms. The normalized spacial score (nSPS) is 15.7. The maximum absolute atomic E-state index is 13.0. The van der Waals surface area contributed by atoms with Crippen LogP contribution in [0.25, 0.3) is 11.0 Å². The Bertz CT molecular complexity index is 1170. The highest BCUT2D eigenvalue weighted by atomic mass is 32.2. The molecule has 3 aromatic rings. The van der Waals surface area contributed by atoms with Crippen molar-refractivity contribution < 1.29 is 18.3 Å². The van der Waals surface area contributed by atoms with Crippen LogP contribution in [-0.2, 0) is 23.1 Å². The van der Waals surface area contributed by atoms with E-state index in [1.807, 2.05) is 0 Å². The predicted octanol–water partition coefficient (Wildman–Crippen LogP) is 0.345. The minimum Gasteiger partial charge on any atom is -0.476 e. The van der Waals surface area contributed by atoms with Crippen molar-refractivity contribution in [3.8, 4) is 0 Å². The Labute approximate surface area is 147 Å². The molecule has 0 atom stereocenters. The summed E-state index contributed by atoms with van der Waals surface area (Å²) in [5.74, 6) is -1.15. The first-order valence-electron chi connectivity index (χ1n) is 7.87. The number of aromatic nitrogens is 4. The van der Waals surface area contributed by atoms with E-state index in [1.54, 1.807) is 0 Å². The Morgan fingerprint density at radius 1 is 1.15 bits per heavy atom. The average Bonchev–Trinajstić information content (AvgIpc) is 3.10. The van der Waals surface area contributed by atoms with E-state index in [2.05, 4.69) is 15.1 Å². The number of aromatic carboxylic acids is 1. The Kier molecular flexibility index (Phi) is 3.70. The molecule has 2 aromatic heterocycles. The van der Waals surface area contributed by atoms with Gasteiger partial charge in [-0.3, -0.25) is 4.68 Å². The van der Waals surface area contributed by atoms with Gasteiger partial charge in [0.2, 0.25) is 10.0 Å².